The van der Waals surface area contributed by atoms with E-state index in [0.717, 1.165) is 0 Å². The van der Waals surface area contributed by atoms with Crippen LogP contribution in [-0.2, 0) is 14.3 Å². The number of hydrogen-bond donors (Lipinski definition) is 2. The van der Waals surface area contributed by atoms with Gasteiger partial charge >= 0.3 is 12.1 Å². The van der Waals surface area contributed by atoms with Crippen molar-refractivity contribution in [1.82, 2.24) is 10.2 Å². The van der Waals surface area contributed by atoms with Gasteiger partial charge in [0.15, 0.2) is 0 Å². The number of rotatable bonds is 6. The van der Waals surface area contributed by atoms with E-state index in [9.17, 15) is 14.7 Å². The number of likely N-dealkylation sites (tertiary alicyclic amines) is 1. The predicted octanol–water partition coefficient (Wildman–Crippen LogP) is 3.94. The number of carbonyl (C=O) groups is 2. The monoisotopic (exact) mass is 446 g/mol. The van der Waals surface area contributed by atoms with Crippen LogP contribution in [0.15, 0.2) is 12.1 Å². The number of esters is 1. The first kappa shape index (κ1) is 23.6. The maximum atomic E-state index is 12.8. The molecule has 0 bridgehead atoms. The average molecular weight is 447 g/mol. The zero-order valence-corrected chi connectivity index (χ0v) is 18.6. The highest BCUT2D eigenvalue weighted by Crippen LogP contribution is 2.43. The fourth-order valence-corrected chi connectivity index (χ4v) is 3.85. The summed E-state index contributed by atoms with van der Waals surface area (Å²) in [5.74, 6) is -0.449. The lowest BCUT2D eigenvalue weighted by Gasteiger charge is -2.28. The number of methoxy groups -OCH3 is 1. The highest BCUT2D eigenvalue weighted by molar-refractivity contribution is 6.42. The Morgan fingerprint density at radius 1 is 1.31 bits per heavy atom. The number of phenols is 1. The van der Waals surface area contributed by atoms with Gasteiger partial charge in [0, 0.05) is 37.2 Å². The van der Waals surface area contributed by atoms with Crippen LogP contribution >= 0.6 is 23.2 Å². The van der Waals surface area contributed by atoms with Crippen molar-refractivity contribution >= 4 is 35.3 Å². The molecule has 9 heteroatoms. The molecule has 0 saturated carbocycles. The van der Waals surface area contributed by atoms with E-state index in [4.69, 9.17) is 27.9 Å². The van der Waals surface area contributed by atoms with Gasteiger partial charge in [-0.05, 0) is 39.3 Å². The molecule has 2 atom stereocenters. The zero-order valence-electron chi connectivity index (χ0n) is 17.1. The third-order valence-corrected chi connectivity index (χ3v) is 5.49. The van der Waals surface area contributed by atoms with Crippen molar-refractivity contribution in [1.29, 1.82) is 0 Å². The molecule has 1 aliphatic heterocycles. The van der Waals surface area contributed by atoms with Crippen LogP contribution in [0.2, 0.25) is 10.0 Å². The van der Waals surface area contributed by atoms with Crippen molar-refractivity contribution in [3.8, 4) is 5.75 Å². The molecular weight excluding hydrogens is 419 g/mol. The molecule has 1 heterocycles. The number of phenolic OH excluding ortho intramolecular Hbond substituents is 1. The SMILES string of the molecule is COC(=O)CCNC[C@@H]1C[C@H](c2c(O)ccc(Cl)c2Cl)CN1C(=O)OC(C)(C)C. The van der Waals surface area contributed by atoms with Crippen molar-refractivity contribution < 1.29 is 24.2 Å². The minimum absolute atomic E-state index is 0.0489. The van der Waals surface area contributed by atoms with E-state index in [0.29, 0.717) is 41.7 Å². The van der Waals surface area contributed by atoms with Crippen LogP contribution in [0.5, 0.6) is 5.75 Å². The van der Waals surface area contributed by atoms with Gasteiger partial charge in [-0.15, -0.1) is 0 Å². The average Bonchev–Trinajstić information content (AvgIpc) is 3.04. The molecule has 2 rings (SSSR count). The van der Waals surface area contributed by atoms with Gasteiger partial charge in [0.05, 0.1) is 23.6 Å². The lowest BCUT2D eigenvalue weighted by Crippen LogP contribution is -2.44. The maximum absolute atomic E-state index is 12.8. The Balaban J connectivity index is 2.16. The van der Waals surface area contributed by atoms with E-state index in [-0.39, 0.29) is 30.1 Å². The summed E-state index contributed by atoms with van der Waals surface area (Å²) < 4.78 is 10.2. The van der Waals surface area contributed by atoms with Gasteiger partial charge in [-0.2, -0.15) is 0 Å². The lowest BCUT2D eigenvalue weighted by atomic mass is 9.95. The fraction of sp³-hybridized carbons (Fsp3) is 0.600. The van der Waals surface area contributed by atoms with Gasteiger partial charge in [-0.3, -0.25) is 4.79 Å². The molecule has 29 heavy (non-hydrogen) atoms. The minimum Gasteiger partial charge on any atom is -0.508 e. The number of nitrogens with zero attached hydrogens (tertiary/aromatic N) is 1. The van der Waals surface area contributed by atoms with Crippen LogP contribution in [0.3, 0.4) is 0 Å². The Bertz CT molecular complexity index is 751. The van der Waals surface area contributed by atoms with Gasteiger partial charge in [0.25, 0.3) is 0 Å². The second-order valence-corrected chi connectivity index (χ2v) is 8.83. The van der Waals surface area contributed by atoms with Crippen LogP contribution in [0.4, 0.5) is 4.79 Å². The predicted molar refractivity (Wildman–Crippen MR) is 112 cm³/mol. The Morgan fingerprint density at radius 3 is 2.62 bits per heavy atom. The first-order valence-corrected chi connectivity index (χ1v) is 10.2. The molecule has 1 saturated heterocycles. The quantitative estimate of drug-likeness (QED) is 0.507. The molecule has 1 amide bonds. The number of nitrogens with one attached hydrogen (secondary N) is 1. The van der Waals surface area contributed by atoms with E-state index in [1.165, 1.54) is 19.2 Å². The third-order valence-electron chi connectivity index (χ3n) is 4.67. The van der Waals surface area contributed by atoms with Crippen molar-refractivity contribution in [3.63, 3.8) is 0 Å². The second kappa shape index (κ2) is 9.87. The highest BCUT2D eigenvalue weighted by atomic mass is 35.5. The maximum Gasteiger partial charge on any atom is 0.410 e. The molecule has 0 aliphatic carbocycles. The number of carbonyl (C=O) groups excluding carboxylic acids is 2. The normalized spacial score (nSPS) is 19.3. The van der Waals surface area contributed by atoms with Crippen LogP contribution in [0.25, 0.3) is 0 Å². The largest absolute Gasteiger partial charge is 0.508 e. The number of amides is 1. The zero-order chi connectivity index (χ0) is 21.8. The van der Waals surface area contributed by atoms with Crippen molar-refractivity contribution in [2.75, 3.05) is 26.7 Å². The topological polar surface area (TPSA) is 88.1 Å². The van der Waals surface area contributed by atoms with Gasteiger partial charge in [-0.1, -0.05) is 23.2 Å². The van der Waals surface area contributed by atoms with Gasteiger partial charge in [0.2, 0.25) is 0 Å². The van der Waals surface area contributed by atoms with Gasteiger partial charge < -0.3 is 24.8 Å². The summed E-state index contributed by atoms with van der Waals surface area (Å²) in [4.78, 5) is 25.7. The molecule has 0 spiro atoms. The van der Waals surface area contributed by atoms with E-state index < -0.39 is 11.7 Å². The number of ether oxygens (including phenoxy) is 2. The van der Waals surface area contributed by atoms with Crippen LogP contribution in [0, 0.1) is 0 Å². The molecule has 1 aromatic rings. The number of halogens is 2. The summed E-state index contributed by atoms with van der Waals surface area (Å²) in [5.41, 5.74) is -0.0989. The third kappa shape index (κ3) is 6.39. The van der Waals surface area contributed by atoms with E-state index in [2.05, 4.69) is 10.1 Å². The summed E-state index contributed by atoms with van der Waals surface area (Å²) in [6.07, 6.45) is 0.371. The Labute approximate surface area is 181 Å². The summed E-state index contributed by atoms with van der Waals surface area (Å²) >= 11 is 12.5. The molecule has 162 valence electrons. The standard InChI is InChI=1S/C20H28Cl2N2O5/c1-20(2,3)29-19(27)24-11-12(17-15(25)6-5-14(21)18(17)22)9-13(24)10-23-8-7-16(26)28-4/h5-6,12-13,23,25H,7-11H2,1-4H3/t12-,13-/m0/s1. The van der Waals surface area contributed by atoms with Crippen LogP contribution < -0.4 is 5.32 Å². The molecule has 1 aliphatic rings. The number of hydrogen-bond acceptors (Lipinski definition) is 6. The second-order valence-electron chi connectivity index (χ2n) is 8.04. The van der Waals surface area contributed by atoms with Crippen molar-refractivity contribution in [2.45, 2.75) is 51.2 Å². The van der Waals surface area contributed by atoms with E-state index >= 15 is 0 Å². The fourth-order valence-electron chi connectivity index (χ4n) is 3.37. The molecule has 0 aromatic heterocycles. The first-order valence-electron chi connectivity index (χ1n) is 9.47. The highest BCUT2D eigenvalue weighted by Gasteiger charge is 2.39. The molecular formula is C20H28Cl2N2O5. The molecule has 2 N–H and O–H groups in total. The van der Waals surface area contributed by atoms with Crippen molar-refractivity contribution in [3.05, 3.63) is 27.7 Å². The molecule has 0 unspecified atom stereocenters. The number of aromatic hydroxyl groups is 1. The van der Waals surface area contributed by atoms with Crippen molar-refractivity contribution in [2.24, 2.45) is 0 Å². The smallest absolute Gasteiger partial charge is 0.410 e. The van der Waals surface area contributed by atoms with Gasteiger partial charge in [-0.25, -0.2) is 4.79 Å². The summed E-state index contributed by atoms with van der Waals surface area (Å²) in [5, 5.41) is 14.2. The molecule has 1 aromatic carbocycles. The lowest BCUT2D eigenvalue weighted by molar-refractivity contribution is -0.140. The Morgan fingerprint density at radius 2 is 2.00 bits per heavy atom. The van der Waals surface area contributed by atoms with E-state index in [1.807, 2.05) is 20.8 Å². The summed E-state index contributed by atoms with van der Waals surface area (Å²) in [6, 6.07) is 2.85. The summed E-state index contributed by atoms with van der Waals surface area (Å²) in [6.45, 7) is 6.65. The van der Waals surface area contributed by atoms with E-state index in [1.54, 1.807) is 4.90 Å². The summed E-state index contributed by atoms with van der Waals surface area (Å²) in [7, 11) is 1.34. The molecule has 0 radical (unpaired) electrons. The molecule has 7 nitrogen and oxygen atoms in total. The Hall–Kier alpha value is -1.70. The van der Waals surface area contributed by atoms with Crippen LogP contribution in [0.1, 0.15) is 45.1 Å². The van der Waals surface area contributed by atoms with Gasteiger partial charge in [0.1, 0.15) is 11.4 Å². The minimum atomic E-state index is -0.631. The van der Waals surface area contributed by atoms with Crippen LogP contribution in [-0.4, -0.2) is 60.5 Å². The Kier molecular flexibility index (Phi) is 8.02. The first-order chi connectivity index (χ1) is 13.5. The number of benzene rings is 1. The molecule has 1 fully saturated rings.